The number of hydrogen-bond acceptors (Lipinski definition) is 5. The van der Waals surface area contributed by atoms with Crippen LogP contribution in [-0.2, 0) is 9.47 Å². The molecular formula is C28H23ClN4O3. The normalized spacial score (nSPS) is 21.2. The number of ether oxygens (including phenoxy) is 3. The van der Waals surface area contributed by atoms with Crippen molar-refractivity contribution in [2.75, 3.05) is 13.2 Å². The number of aromatic nitrogens is 4. The Morgan fingerprint density at radius 3 is 2.53 bits per heavy atom. The van der Waals surface area contributed by atoms with Crippen molar-refractivity contribution in [2.45, 2.75) is 24.7 Å². The van der Waals surface area contributed by atoms with Crippen molar-refractivity contribution in [3.63, 3.8) is 0 Å². The van der Waals surface area contributed by atoms with Crippen molar-refractivity contribution in [1.82, 2.24) is 19.7 Å². The zero-order valence-electron chi connectivity index (χ0n) is 19.3. The van der Waals surface area contributed by atoms with Gasteiger partial charge in [0.25, 0.3) is 6.01 Å². The fraction of sp³-hybridized carbons (Fsp3) is 0.214. The summed E-state index contributed by atoms with van der Waals surface area (Å²) >= 11 is 6.68. The topological polar surface area (TPSA) is 74.2 Å². The lowest BCUT2D eigenvalue weighted by Gasteiger charge is -2.15. The van der Waals surface area contributed by atoms with E-state index in [9.17, 15) is 0 Å². The van der Waals surface area contributed by atoms with Crippen LogP contribution in [0, 0.1) is 0 Å². The standard InChI is InChI=1S/C28H23ClN4O3/c29-22-15-24-23(31-28(32-24)36-26-16-35-25-10-13-34-27(25)26)14-21(22)19-4-2-17(3-5-19)18-6-8-20(9-7-18)33-12-1-11-30-33/h1-9,11-12,14-15,25-27H,10,13,16H2,(H,31,32)/t25?,26-,27?/m1/s1. The predicted octanol–water partition coefficient (Wildman–Crippen LogP) is 5.67. The van der Waals surface area contributed by atoms with E-state index in [2.05, 4.69) is 63.6 Å². The summed E-state index contributed by atoms with van der Waals surface area (Å²) in [6, 6.07) is 23.0. The highest BCUT2D eigenvalue weighted by atomic mass is 35.5. The van der Waals surface area contributed by atoms with Crippen LogP contribution in [-0.4, -0.2) is 51.3 Å². The number of imidazole rings is 1. The predicted molar refractivity (Wildman–Crippen MR) is 138 cm³/mol. The minimum Gasteiger partial charge on any atom is -0.456 e. The SMILES string of the molecule is Clc1cc2[nH]c(O[C@@H]3COC4CCOC43)nc2cc1-c1ccc(-c2ccc(-n3cccn3)cc2)cc1. The molecule has 1 N–H and O–H groups in total. The minimum atomic E-state index is -0.158. The Hall–Kier alpha value is -3.65. The fourth-order valence-electron chi connectivity index (χ4n) is 5.03. The van der Waals surface area contributed by atoms with Gasteiger partial charge in [-0.2, -0.15) is 10.1 Å². The van der Waals surface area contributed by atoms with Gasteiger partial charge in [0.05, 0.1) is 34.5 Å². The third kappa shape index (κ3) is 3.86. The van der Waals surface area contributed by atoms with Crippen LogP contribution in [0.15, 0.2) is 79.1 Å². The molecule has 3 atom stereocenters. The third-order valence-electron chi connectivity index (χ3n) is 6.90. The molecule has 36 heavy (non-hydrogen) atoms. The molecule has 0 saturated carbocycles. The second-order valence-electron chi connectivity index (χ2n) is 9.12. The average molecular weight is 499 g/mol. The highest BCUT2D eigenvalue weighted by Crippen LogP contribution is 2.35. The van der Waals surface area contributed by atoms with Crippen molar-refractivity contribution < 1.29 is 14.2 Å². The number of fused-ring (bicyclic) bond motifs is 2. The zero-order valence-corrected chi connectivity index (χ0v) is 20.1. The maximum absolute atomic E-state index is 6.68. The first-order valence-corrected chi connectivity index (χ1v) is 12.4. The molecule has 2 saturated heterocycles. The Balaban J connectivity index is 1.12. The number of benzene rings is 3. The number of nitrogens with one attached hydrogen (secondary N) is 1. The molecule has 4 heterocycles. The van der Waals surface area contributed by atoms with Crippen molar-refractivity contribution in [3.8, 4) is 34.0 Å². The van der Waals surface area contributed by atoms with Gasteiger partial charge in [-0.1, -0.05) is 48.0 Å². The summed E-state index contributed by atoms with van der Waals surface area (Å²) < 4.78 is 19.5. The van der Waals surface area contributed by atoms with Gasteiger partial charge in [-0.15, -0.1) is 0 Å². The van der Waals surface area contributed by atoms with E-state index < -0.39 is 0 Å². The third-order valence-corrected chi connectivity index (χ3v) is 7.21. The van der Waals surface area contributed by atoms with Crippen LogP contribution in [0.4, 0.5) is 0 Å². The van der Waals surface area contributed by atoms with E-state index in [1.54, 1.807) is 6.20 Å². The van der Waals surface area contributed by atoms with Crippen molar-refractivity contribution >= 4 is 22.6 Å². The van der Waals surface area contributed by atoms with E-state index in [-0.39, 0.29) is 18.3 Å². The van der Waals surface area contributed by atoms with Gasteiger partial charge in [-0.3, -0.25) is 0 Å². The molecule has 7 rings (SSSR count). The van der Waals surface area contributed by atoms with E-state index in [1.807, 2.05) is 29.1 Å². The number of rotatable bonds is 5. The molecule has 0 radical (unpaired) electrons. The second-order valence-corrected chi connectivity index (χ2v) is 9.53. The molecule has 2 aliphatic heterocycles. The van der Waals surface area contributed by atoms with Crippen molar-refractivity contribution in [1.29, 1.82) is 0 Å². The first-order valence-electron chi connectivity index (χ1n) is 12.0. The maximum Gasteiger partial charge on any atom is 0.295 e. The van der Waals surface area contributed by atoms with Crippen LogP contribution in [0.3, 0.4) is 0 Å². The first kappa shape index (κ1) is 21.6. The molecule has 2 unspecified atom stereocenters. The molecule has 8 heteroatoms. The Morgan fingerprint density at radius 2 is 1.75 bits per heavy atom. The van der Waals surface area contributed by atoms with Gasteiger partial charge in [0.1, 0.15) is 6.10 Å². The monoisotopic (exact) mass is 498 g/mol. The Kier molecular flexibility index (Phi) is 5.27. The summed E-state index contributed by atoms with van der Waals surface area (Å²) in [6.07, 6.45) is 4.56. The average Bonchev–Trinajstić information content (AvgIpc) is 3.70. The molecule has 0 spiro atoms. The van der Waals surface area contributed by atoms with E-state index in [1.165, 1.54) is 0 Å². The molecule has 180 valence electrons. The molecule has 3 aromatic carbocycles. The number of halogens is 1. The molecular weight excluding hydrogens is 476 g/mol. The van der Waals surface area contributed by atoms with Crippen LogP contribution in [0.25, 0.3) is 39.0 Å². The largest absolute Gasteiger partial charge is 0.456 e. The highest BCUT2D eigenvalue weighted by molar-refractivity contribution is 6.34. The van der Waals surface area contributed by atoms with Crippen LogP contribution in [0.2, 0.25) is 5.02 Å². The van der Waals surface area contributed by atoms with Crippen LogP contribution >= 0.6 is 11.6 Å². The van der Waals surface area contributed by atoms with Crippen LogP contribution in [0.1, 0.15) is 6.42 Å². The second kappa shape index (κ2) is 8.78. The Labute approximate surface area is 212 Å². The Morgan fingerprint density at radius 1 is 0.972 bits per heavy atom. The van der Waals surface area contributed by atoms with Crippen LogP contribution < -0.4 is 4.74 Å². The molecule has 5 aromatic rings. The molecule has 2 aliphatic rings. The Bertz CT molecular complexity index is 1510. The lowest BCUT2D eigenvalue weighted by atomic mass is 10.00. The maximum atomic E-state index is 6.68. The van der Waals surface area contributed by atoms with Gasteiger partial charge in [0, 0.05) is 24.6 Å². The van der Waals surface area contributed by atoms with E-state index in [4.69, 9.17) is 25.8 Å². The lowest BCUT2D eigenvalue weighted by molar-refractivity contribution is 0.0273. The van der Waals surface area contributed by atoms with Crippen molar-refractivity contribution in [2.24, 2.45) is 0 Å². The van der Waals surface area contributed by atoms with Gasteiger partial charge in [0.15, 0.2) is 6.10 Å². The minimum absolute atomic E-state index is 0.0300. The summed E-state index contributed by atoms with van der Waals surface area (Å²) in [7, 11) is 0. The highest BCUT2D eigenvalue weighted by Gasteiger charge is 2.43. The summed E-state index contributed by atoms with van der Waals surface area (Å²) in [5, 5.41) is 4.93. The molecule has 0 bridgehead atoms. The number of nitrogens with zero attached hydrogens (tertiary/aromatic N) is 3. The van der Waals surface area contributed by atoms with E-state index in [0.29, 0.717) is 24.2 Å². The fourth-order valence-corrected chi connectivity index (χ4v) is 5.30. The smallest absolute Gasteiger partial charge is 0.295 e. The van der Waals surface area contributed by atoms with Crippen LogP contribution in [0.5, 0.6) is 6.01 Å². The molecule has 2 aromatic heterocycles. The number of hydrogen-bond donors (Lipinski definition) is 1. The molecule has 0 aliphatic carbocycles. The van der Waals surface area contributed by atoms with Gasteiger partial charge < -0.3 is 19.2 Å². The summed E-state index contributed by atoms with van der Waals surface area (Å²) in [5.74, 6) is 0. The first-order chi connectivity index (χ1) is 17.7. The van der Waals surface area contributed by atoms with Gasteiger partial charge in [-0.25, -0.2) is 4.68 Å². The van der Waals surface area contributed by atoms with Crippen molar-refractivity contribution in [3.05, 3.63) is 84.1 Å². The zero-order chi connectivity index (χ0) is 24.1. The van der Waals surface area contributed by atoms with Gasteiger partial charge in [0.2, 0.25) is 0 Å². The van der Waals surface area contributed by atoms with E-state index >= 15 is 0 Å². The summed E-state index contributed by atoms with van der Waals surface area (Å²) in [5.41, 5.74) is 6.86. The molecule has 0 amide bonds. The summed E-state index contributed by atoms with van der Waals surface area (Å²) in [4.78, 5) is 7.89. The van der Waals surface area contributed by atoms with E-state index in [0.717, 1.165) is 45.4 Å². The molecule has 7 nitrogen and oxygen atoms in total. The number of aromatic amines is 1. The number of H-pyrrole nitrogens is 1. The molecule has 2 fully saturated rings. The van der Waals surface area contributed by atoms with Gasteiger partial charge in [-0.05, 0) is 53.4 Å². The lowest BCUT2D eigenvalue weighted by Crippen LogP contribution is -2.32. The van der Waals surface area contributed by atoms with Gasteiger partial charge >= 0.3 is 0 Å². The quantitative estimate of drug-likeness (QED) is 0.338. The summed E-state index contributed by atoms with van der Waals surface area (Å²) in [6.45, 7) is 1.22.